The van der Waals surface area contributed by atoms with E-state index in [0.29, 0.717) is 13.2 Å². The topological polar surface area (TPSA) is 60.6 Å². The largest absolute Gasteiger partial charge is 0.491 e. The van der Waals surface area contributed by atoms with Gasteiger partial charge in [0, 0.05) is 43.5 Å². The fraction of sp³-hybridized carbons (Fsp3) is 0.500. The summed E-state index contributed by atoms with van der Waals surface area (Å²) in [5, 5.41) is 1.12. The Kier molecular flexibility index (Phi) is 5.31. The van der Waals surface area contributed by atoms with Gasteiger partial charge in [-0.2, -0.15) is 0 Å². The van der Waals surface area contributed by atoms with Gasteiger partial charge in [0.15, 0.2) is 0 Å². The summed E-state index contributed by atoms with van der Waals surface area (Å²) in [6.45, 7) is 5.91. The number of hydrogen-bond donors (Lipinski definition) is 1. The number of ether oxygens (including phenoxy) is 2. The Morgan fingerprint density at radius 3 is 3.13 bits per heavy atom. The average molecular weight is 315 g/mol. The van der Waals surface area contributed by atoms with Crippen molar-refractivity contribution in [3.8, 4) is 5.75 Å². The van der Waals surface area contributed by atoms with Gasteiger partial charge in [0.1, 0.15) is 11.3 Å². The van der Waals surface area contributed by atoms with Crippen molar-refractivity contribution in [2.24, 2.45) is 5.73 Å². The molecule has 3 rings (SSSR count). The molecule has 1 fully saturated rings. The highest BCUT2D eigenvalue weighted by atomic mass is 16.5. The molecule has 1 atom stereocenters. The van der Waals surface area contributed by atoms with Crippen LogP contribution in [0.3, 0.4) is 0 Å². The van der Waals surface area contributed by atoms with Crippen molar-refractivity contribution in [2.45, 2.75) is 25.9 Å². The number of benzene rings is 1. The predicted octanol–water partition coefficient (Wildman–Crippen LogP) is 2.58. The molecule has 0 aliphatic carbocycles. The molecule has 1 saturated heterocycles. The van der Waals surface area contributed by atoms with Crippen LogP contribution in [0.1, 0.15) is 19.8 Å². The molecule has 5 nitrogen and oxygen atoms in total. The standard InChI is InChI=1S/C18H25N3O2/c1-2-10-23-17-6-3-5-15-16(7-8-20-18(15)17)21-9-4-11-22-14(12-19)13-21/h3,5-8,14H,2,4,9-13,19H2,1H3. The maximum Gasteiger partial charge on any atom is 0.145 e. The Morgan fingerprint density at radius 2 is 2.30 bits per heavy atom. The minimum Gasteiger partial charge on any atom is -0.491 e. The second kappa shape index (κ2) is 7.62. The first-order chi connectivity index (χ1) is 11.3. The lowest BCUT2D eigenvalue weighted by atomic mass is 10.1. The first-order valence-corrected chi connectivity index (χ1v) is 8.40. The Morgan fingerprint density at radius 1 is 1.39 bits per heavy atom. The number of hydrogen-bond acceptors (Lipinski definition) is 5. The first-order valence-electron chi connectivity index (χ1n) is 8.40. The zero-order valence-electron chi connectivity index (χ0n) is 13.7. The van der Waals surface area contributed by atoms with Crippen LogP contribution in [0.5, 0.6) is 5.75 Å². The first kappa shape index (κ1) is 16.0. The van der Waals surface area contributed by atoms with Crippen molar-refractivity contribution in [3.63, 3.8) is 0 Å². The van der Waals surface area contributed by atoms with Crippen LogP contribution in [0.25, 0.3) is 10.9 Å². The van der Waals surface area contributed by atoms with Crippen LogP contribution in [-0.4, -0.2) is 43.9 Å². The highest BCUT2D eigenvalue weighted by Gasteiger charge is 2.20. The number of nitrogens with two attached hydrogens (primary N) is 1. The van der Waals surface area contributed by atoms with E-state index in [-0.39, 0.29) is 6.10 Å². The summed E-state index contributed by atoms with van der Waals surface area (Å²) in [4.78, 5) is 6.90. The third kappa shape index (κ3) is 3.57. The Bertz CT molecular complexity index is 647. The summed E-state index contributed by atoms with van der Waals surface area (Å²) in [6.07, 6.45) is 3.93. The molecule has 1 aliphatic heterocycles. The van der Waals surface area contributed by atoms with Gasteiger partial charge in [-0.1, -0.05) is 19.1 Å². The molecule has 0 saturated carbocycles. The molecule has 2 N–H and O–H groups in total. The van der Waals surface area contributed by atoms with Gasteiger partial charge in [-0.15, -0.1) is 0 Å². The Balaban J connectivity index is 1.97. The smallest absolute Gasteiger partial charge is 0.145 e. The number of para-hydroxylation sites is 1. The van der Waals surface area contributed by atoms with Gasteiger partial charge in [0.05, 0.1) is 12.7 Å². The molecule has 124 valence electrons. The minimum atomic E-state index is 0.0836. The normalized spacial score (nSPS) is 18.9. The second-order valence-corrected chi connectivity index (χ2v) is 5.86. The van der Waals surface area contributed by atoms with Gasteiger partial charge < -0.3 is 20.1 Å². The van der Waals surface area contributed by atoms with Crippen molar-refractivity contribution in [3.05, 3.63) is 30.5 Å². The number of fused-ring (bicyclic) bond motifs is 1. The van der Waals surface area contributed by atoms with Crippen LogP contribution in [0.2, 0.25) is 0 Å². The summed E-state index contributed by atoms with van der Waals surface area (Å²) in [5.74, 6) is 0.854. The van der Waals surface area contributed by atoms with E-state index in [4.69, 9.17) is 15.2 Å². The van der Waals surface area contributed by atoms with Crippen LogP contribution in [0.4, 0.5) is 5.69 Å². The van der Waals surface area contributed by atoms with Crippen LogP contribution >= 0.6 is 0 Å². The maximum atomic E-state index is 5.85. The van der Waals surface area contributed by atoms with Gasteiger partial charge >= 0.3 is 0 Å². The lowest BCUT2D eigenvalue weighted by molar-refractivity contribution is 0.0749. The van der Waals surface area contributed by atoms with Gasteiger partial charge in [0.2, 0.25) is 0 Å². The molecule has 23 heavy (non-hydrogen) atoms. The molecule has 0 spiro atoms. The zero-order chi connectivity index (χ0) is 16.1. The molecule has 2 aromatic rings. The molecule has 1 aliphatic rings. The van der Waals surface area contributed by atoms with Crippen LogP contribution < -0.4 is 15.4 Å². The van der Waals surface area contributed by atoms with Crippen molar-refractivity contribution in [1.29, 1.82) is 0 Å². The van der Waals surface area contributed by atoms with Crippen LogP contribution in [0.15, 0.2) is 30.5 Å². The molecule has 1 aromatic heterocycles. The molecule has 1 aromatic carbocycles. The molecular weight excluding hydrogens is 290 g/mol. The average Bonchev–Trinajstić information content (AvgIpc) is 2.85. The van der Waals surface area contributed by atoms with E-state index in [9.17, 15) is 0 Å². The van der Waals surface area contributed by atoms with E-state index >= 15 is 0 Å². The second-order valence-electron chi connectivity index (χ2n) is 5.86. The number of aromatic nitrogens is 1. The van der Waals surface area contributed by atoms with E-state index in [1.807, 2.05) is 18.3 Å². The maximum absolute atomic E-state index is 5.85. The van der Waals surface area contributed by atoms with Gasteiger partial charge in [-0.25, -0.2) is 0 Å². The summed E-state index contributed by atoms with van der Waals surface area (Å²) < 4.78 is 11.6. The highest BCUT2D eigenvalue weighted by molar-refractivity contribution is 5.95. The van der Waals surface area contributed by atoms with Crippen molar-refractivity contribution in [1.82, 2.24) is 4.98 Å². The van der Waals surface area contributed by atoms with Gasteiger partial charge in [-0.3, -0.25) is 4.98 Å². The molecule has 2 heterocycles. The molecule has 0 bridgehead atoms. The molecule has 0 radical (unpaired) electrons. The number of nitrogens with zero attached hydrogens (tertiary/aromatic N) is 2. The summed E-state index contributed by atoms with van der Waals surface area (Å²) in [7, 11) is 0. The lowest BCUT2D eigenvalue weighted by Gasteiger charge is -2.26. The SMILES string of the molecule is CCCOc1cccc2c(N3CCCOC(CN)C3)ccnc12. The van der Waals surface area contributed by atoms with Crippen LogP contribution in [-0.2, 0) is 4.74 Å². The quantitative estimate of drug-likeness (QED) is 0.919. The van der Waals surface area contributed by atoms with E-state index in [0.717, 1.165) is 49.2 Å². The van der Waals surface area contributed by atoms with Crippen molar-refractivity contribution in [2.75, 3.05) is 37.7 Å². The summed E-state index contributed by atoms with van der Waals surface area (Å²) in [5.41, 5.74) is 7.93. The monoisotopic (exact) mass is 315 g/mol. The molecular formula is C18H25N3O2. The molecule has 1 unspecified atom stereocenters. The highest BCUT2D eigenvalue weighted by Crippen LogP contribution is 2.32. The summed E-state index contributed by atoms with van der Waals surface area (Å²) in [6, 6.07) is 8.21. The van der Waals surface area contributed by atoms with E-state index < -0.39 is 0 Å². The van der Waals surface area contributed by atoms with Gasteiger partial charge in [-0.05, 0) is 25.0 Å². The van der Waals surface area contributed by atoms with Crippen LogP contribution in [0, 0.1) is 0 Å². The van der Waals surface area contributed by atoms with Crippen molar-refractivity contribution >= 4 is 16.6 Å². The predicted molar refractivity (Wildman–Crippen MR) is 93.2 cm³/mol. The van der Waals surface area contributed by atoms with Crippen molar-refractivity contribution < 1.29 is 9.47 Å². The number of rotatable bonds is 5. The zero-order valence-corrected chi connectivity index (χ0v) is 13.7. The minimum absolute atomic E-state index is 0.0836. The number of pyridine rings is 1. The Hall–Kier alpha value is -1.85. The van der Waals surface area contributed by atoms with Gasteiger partial charge in [0.25, 0.3) is 0 Å². The molecule has 0 amide bonds. The summed E-state index contributed by atoms with van der Waals surface area (Å²) >= 11 is 0. The van der Waals surface area contributed by atoms with E-state index in [1.54, 1.807) is 0 Å². The molecule has 5 heteroatoms. The fourth-order valence-electron chi connectivity index (χ4n) is 3.00. The third-order valence-electron chi connectivity index (χ3n) is 4.13. The van der Waals surface area contributed by atoms with E-state index in [1.165, 1.54) is 5.69 Å². The Labute approximate surface area is 137 Å². The fourth-order valence-corrected chi connectivity index (χ4v) is 3.00. The van der Waals surface area contributed by atoms with E-state index in [2.05, 4.69) is 28.9 Å². The third-order valence-corrected chi connectivity index (χ3v) is 4.13. The lowest BCUT2D eigenvalue weighted by Crippen LogP contribution is -2.36. The number of anilines is 1.